The van der Waals surface area contributed by atoms with Crippen LogP contribution in [0.25, 0.3) is 10.9 Å². The van der Waals surface area contributed by atoms with Crippen LogP contribution >= 0.6 is 11.6 Å². The fourth-order valence-electron chi connectivity index (χ4n) is 2.79. The SMILES string of the molecule is Cc1ccc2ncc(NC(=O)CC(C)c3ccccc3Cl)cc2c1. The van der Waals surface area contributed by atoms with E-state index in [1.54, 1.807) is 6.20 Å². The highest BCUT2D eigenvalue weighted by Crippen LogP contribution is 2.27. The highest BCUT2D eigenvalue weighted by molar-refractivity contribution is 6.31. The standard InChI is InChI=1S/C20H19ClN2O/c1-13-7-8-19-15(9-13)11-16(12-22-19)23-20(24)10-14(2)17-5-3-4-6-18(17)21/h3-9,11-12,14H,10H2,1-2H3,(H,23,24). The molecule has 0 aliphatic carbocycles. The number of hydrogen-bond donors (Lipinski definition) is 1. The third-order valence-electron chi connectivity index (χ3n) is 4.05. The third kappa shape index (κ3) is 3.74. The molecule has 122 valence electrons. The smallest absolute Gasteiger partial charge is 0.225 e. The zero-order chi connectivity index (χ0) is 17.1. The fraction of sp³-hybridized carbons (Fsp3) is 0.200. The van der Waals surface area contributed by atoms with Crippen molar-refractivity contribution < 1.29 is 4.79 Å². The van der Waals surface area contributed by atoms with Crippen molar-refractivity contribution in [3.8, 4) is 0 Å². The summed E-state index contributed by atoms with van der Waals surface area (Å²) in [5, 5.41) is 4.64. The molecule has 3 aromatic rings. The number of nitrogens with one attached hydrogen (secondary N) is 1. The molecule has 1 N–H and O–H groups in total. The first-order valence-electron chi connectivity index (χ1n) is 7.93. The summed E-state index contributed by atoms with van der Waals surface area (Å²) in [5.74, 6) is 0.00517. The maximum atomic E-state index is 12.3. The van der Waals surface area contributed by atoms with Crippen molar-refractivity contribution >= 4 is 34.1 Å². The predicted octanol–water partition coefficient (Wildman–Crippen LogP) is 5.33. The minimum Gasteiger partial charge on any atom is -0.325 e. The van der Waals surface area contributed by atoms with Crippen LogP contribution in [0, 0.1) is 6.92 Å². The van der Waals surface area contributed by atoms with Crippen LogP contribution in [0.4, 0.5) is 5.69 Å². The lowest BCUT2D eigenvalue weighted by Crippen LogP contribution is -2.14. The van der Waals surface area contributed by atoms with Gasteiger partial charge in [0.1, 0.15) is 0 Å². The van der Waals surface area contributed by atoms with Gasteiger partial charge >= 0.3 is 0 Å². The number of anilines is 1. The van der Waals surface area contributed by atoms with Crippen LogP contribution < -0.4 is 5.32 Å². The van der Waals surface area contributed by atoms with E-state index >= 15 is 0 Å². The van der Waals surface area contributed by atoms with Crippen molar-refractivity contribution in [3.63, 3.8) is 0 Å². The maximum Gasteiger partial charge on any atom is 0.225 e. The molecule has 24 heavy (non-hydrogen) atoms. The van der Waals surface area contributed by atoms with E-state index < -0.39 is 0 Å². The Morgan fingerprint density at radius 1 is 1.21 bits per heavy atom. The van der Waals surface area contributed by atoms with Crippen LogP contribution in [0.2, 0.25) is 5.02 Å². The molecule has 3 rings (SSSR count). The van der Waals surface area contributed by atoms with E-state index in [9.17, 15) is 4.79 Å². The van der Waals surface area contributed by atoms with Gasteiger partial charge in [0.2, 0.25) is 5.91 Å². The van der Waals surface area contributed by atoms with E-state index in [4.69, 9.17) is 11.6 Å². The van der Waals surface area contributed by atoms with Gasteiger partial charge < -0.3 is 5.32 Å². The number of aromatic nitrogens is 1. The Balaban J connectivity index is 1.71. The third-order valence-corrected chi connectivity index (χ3v) is 4.39. The van der Waals surface area contributed by atoms with E-state index in [1.165, 1.54) is 5.56 Å². The number of halogens is 1. The summed E-state index contributed by atoms with van der Waals surface area (Å²) in [5.41, 5.74) is 3.79. The van der Waals surface area contributed by atoms with Gasteiger partial charge in [-0.25, -0.2) is 0 Å². The first-order valence-corrected chi connectivity index (χ1v) is 8.31. The quantitative estimate of drug-likeness (QED) is 0.698. The van der Waals surface area contributed by atoms with Crippen LogP contribution in [-0.4, -0.2) is 10.9 Å². The number of hydrogen-bond acceptors (Lipinski definition) is 2. The van der Waals surface area contributed by atoms with Crippen LogP contribution in [0.1, 0.15) is 30.4 Å². The van der Waals surface area contributed by atoms with Gasteiger partial charge in [0.15, 0.2) is 0 Å². The monoisotopic (exact) mass is 338 g/mol. The molecule has 0 bridgehead atoms. The van der Waals surface area contributed by atoms with E-state index in [2.05, 4.69) is 16.4 Å². The summed E-state index contributed by atoms with van der Waals surface area (Å²) in [6.45, 7) is 4.04. The summed E-state index contributed by atoms with van der Waals surface area (Å²) in [7, 11) is 0. The number of rotatable bonds is 4. The Labute approximate surface area is 146 Å². The first-order chi connectivity index (χ1) is 11.5. The van der Waals surface area contributed by atoms with Crippen molar-refractivity contribution in [2.75, 3.05) is 5.32 Å². The molecule has 0 saturated carbocycles. The molecule has 2 aromatic carbocycles. The van der Waals surface area contributed by atoms with Gasteiger partial charge in [-0.3, -0.25) is 9.78 Å². The normalized spacial score (nSPS) is 12.1. The van der Waals surface area contributed by atoms with Crippen LogP contribution in [0.15, 0.2) is 54.7 Å². The number of aryl methyl sites for hydroxylation is 1. The van der Waals surface area contributed by atoms with E-state index in [-0.39, 0.29) is 11.8 Å². The molecule has 1 aromatic heterocycles. The van der Waals surface area contributed by atoms with Crippen molar-refractivity contribution in [2.24, 2.45) is 0 Å². The van der Waals surface area contributed by atoms with Crippen LogP contribution in [0.5, 0.6) is 0 Å². The zero-order valence-corrected chi connectivity index (χ0v) is 14.5. The fourth-order valence-corrected chi connectivity index (χ4v) is 3.12. The van der Waals surface area contributed by atoms with Crippen molar-refractivity contribution in [3.05, 3.63) is 70.9 Å². The molecular weight excluding hydrogens is 320 g/mol. The molecule has 0 saturated heterocycles. The summed E-state index contributed by atoms with van der Waals surface area (Å²) < 4.78 is 0. The van der Waals surface area contributed by atoms with Crippen molar-refractivity contribution in [2.45, 2.75) is 26.2 Å². The largest absolute Gasteiger partial charge is 0.325 e. The molecule has 0 spiro atoms. The van der Waals surface area contributed by atoms with E-state index in [0.717, 1.165) is 16.5 Å². The van der Waals surface area contributed by atoms with Gasteiger partial charge in [-0.2, -0.15) is 0 Å². The number of fused-ring (bicyclic) bond motifs is 1. The lowest BCUT2D eigenvalue weighted by Gasteiger charge is -2.13. The average Bonchev–Trinajstić information content (AvgIpc) is 2.54. The minimum atomic E-state index is -0.0452. The highest BCUT2D eigenvalue weighted by Gasteiger charge is 2.14. The van der Waals surface area contributed by atoms with Crippen LogP contribution in [0.3, 0.4) is 0 Å². The molecule has 1 amide bonds. The van der Waals surface area contributed by atoms with Gasteiger partial charge in [-0.1, -0.05) is 48.4 Å². The Hall–Kier alpha value is -2.39. The summed E-state index contributed by atoms with van der Waals surface area (Å²) in [6.07, 6.45) is 2.06. The molecular formula is C20H19ClN2O. The molecule has 3 nitrogen and oxygen atoms in total. The second kappa shape index (κ2) is 7.02. The van der Waals surface area contributed by atoms with Crippen LogP contribution in [-0.2, 0) is 4.79 Å². The van der Waals surface area contributed by atoms with Crippen molar-refractivity contribution in [1.82, 2.24) is 4.98 Å². The average molecular weight is 339 g/mol. The highest BCUT2D eigenvalue weighted by atomic mass is 35.5. The maximum absolute atomic E-state index is 12.3. The second-order valence-corrected chi connectivity index (χ2v) is 6.50. The van der Waals surface area contributed by atoms with Gasteiger partial charge in [0.05, 0.1) is 17.4 Å². The van der Waals surface area contributed by atoms with Gasteiger partial charge in [-0.05, 0) is 42.7 Å². The molecule has 4 heteroatoms. The number of benzene rings is 2. The lowest BCUT2D eigenvalue weighted by atomic mass is 9.97. The summed E-state index contributed by atoms with van der Waals surface area (Å²) in [6, 6.07) is 15.7. The first kappa shape index (κ1) is 16.5. The number of nitrogens with zero attached hydrogens (tertiary/aromatic N) is 1. The molecule has 0 radical (unpaired) electrons. The van der Waals surface area contributed by atoms with E-state index in [0.29, 0.717) is 17.1 Å². The second-order valence-electron chi connectivity index (χ2n) is 6.10. The number of carbonyl (C=O) groups is 1. The Kier molecular flexibility index (Phi) is 4.81. The molecule has 0 fully saturated rings. The minimum absolute atomic E-state index is 0.0452. The summed E-state index contributed by atoms with van der Waals surface area (Å²) in [4.78, 5) is 16.7. The van der Waals surface area contributed by atoms with Gasteiger partial charge in [0, 0.05) is 16.8 Å². The Morgan fingerprint density at radius 3 is 2.79 bits per heavy atom. The Morgan fingerprint density at radius 2 is 2.00 bits per heavy atom. The summed E-state index contributed by atoms with van der Waals surface area (Å²) >= 11 is 6.20. The molecule has 1 unspecified atom stereocenters. The molecule has 1 heterocycles. The zero-order valence-electron chi connectivity index (χ0n) is 13.7. The Bertz CT molecular complexity index is 892. The van der Waals surface area contributed by atoms with Crippen molar-refractivity contribution in [1.29, 1.82) is 0 Å². The number of amides is 1. The predicted molar refractivity (Wildman–Crippen MR) is 99.6 cm³/mol. The van der Waals surface area contributed by atoms with E-state index in [1.807, 2.05) is 56.3 Å². The van der Waals surface area contributed by atoms with Gasteiger partial charge in [0.25, 0.3) is 0 Å². The van der Waals surface area contributed by atoms with Gasteiger partial charge in [-0.15, -0.1) is 0 Å². The molecule has 0 aliphatic heterocycles. The number of carbonyl (C=O) groups excluding carboxylic acids is 1. The number of pyridine rings is 1. The molecule has 1 atom stereocenters. The lowest BCUT2D eigenvalue weighted by molar-refractivity contribution is -0.116. The molecule has 0 aliphatic rings. The topological polar surface area (TPSA) is 42.0 Å².